The molecule has 2 N–H and O–H groups in total. The number of rotatable bonds is 4. The van der Waals surface area contributed by atoms with Crippen LogP contribution < -0.4 is 9.62 Å². The fourth-order valence-electron chi connectivity index (χ4n) is 2.34. The molecule has 1 aliphatic rings. The van der Waals surface area contributed by atoms with Crippen LogP contribution in [0.1, 0.15) is 12.8 Å². The van der Waals surface area contributed by atoms with E-state index in [2.05, 4.69) is 19.8 Å². The molecule has 0 unspecified atom stereocenters. The summed E-state index contributed by atoms with van der Waals surface area (Å²) in [6, 6.07) is 7.47. The Morgan fingerprint density at radius 1 is 1.25 bits per heavy atom. The number of hydrogen-bond acceptors (Lipinski definition) is 4. The van der Waals surface area contributed by atoms with Gasteiger partial charge in [0.05, 0.1) is 11.9 Å². The highest BCUT2D eigenvalue weighted by Crippen LogP contribution is 2.24. The van der Waals surface area contributed by atoms with Gasteiger partial charge in [0, 0.05) is 25.0 Å². The minimum atomic E-state index is -3.57. The average molecular weight is 292 g/mol. The van der Waals surface area contributed by atoms with Crippen LogP contribution in [0.4, 0.5) is 11.4 Å². The van der Waals surface area contributed by atoms with E-state index in [1.165, 1.54) is 25.2 Å². The van der Waals surface area contributed by atoms with Crippen molar-refractivity contribution in [3.63, 3.8) is 0 Å². The zero-order chi connectivity index (χ0) is 14.0. The van der Waals surface area contributed by atoms with Gasteiger partial charge in [0.1, 0.15) is 4.90 Å². The average Bonchev–Trinajstić information content (AvgIpc) is 3.12. The molecule has 0 saturated carbocycles. The summed E-state index contributed by atoms with van der Waals surface area (Å²) in [6.07, 6.45) is 5.01. The van der Waals surface area contributed by atoms with E-state index in [1.54, 1.807) is 6.07 Å². The number of anilines is 2. The van der Waals surface area contributed by atoms with Crippen LogP contribution in [-0.2, 0) is 10.0 Å². The number of aromatic nitrogens is 2. The van der Waals surface area contributed by atoms with Crippen molar-refractivity contribution >= 4 is 21.4 Å². The molecular weight excluding hydrogens is 276 g/mol. The first kappa shape index (κ1) is 13.0. The summed E-state index contributed by atoms with van der Waals surface area (Å²) in [5, 5.41) is 6.16. The number of aromatic amines is 1. The van der Waals surface area contributed by atoms with Crippen LogP contribution in [-0.4, -0.2) is 31.7 Å². The standard InChI is InChI=1S/C13H16N4O2S/c18-20(19,13-9-14-15-10-13)16-11-4-3-5-12(8-11)17-6-1-2-7-17/h3-5,8-10,16H,1-2,6-7H2,(H,14,15). The third kappa shape index (κ3) is 2.62. The van der Waals surface area contributed by atoms with Crippen molar-refractivity contribution in [3.8, 4) is 0 Å². The first-order valence-electron chi connectivity index (χ1n) is 6.52. The third-order valence-electron chi connectivity index (χ3n) is 3.35. The Labute approximate surface area is 117 Å². The van der Waals surface area contributed by atoms with E-state index in [4.69, 9.17) is 0 Å². The van der Waals surface area contributed by atoms with Crippen molar-refractivity contribution in [1.82, 2.24) is 10.2 Å². The molecule has 7 heteroatoms. The summed E-state index contributed by atoms with van der Waals surface area (Å²) in [5.74, 6) is 0. The Hall–Kier alpha value is -2.02. The molecule has 2 heterocycles. The fourth-order valence-corrected chi connectivity index (χ4v) is 3.30. The molecule has 1 aliphatic heterocycles. The minimum absolute atomic E-state index is 0.129. The lowest BCUT2D eigenvalue weighted by Crippen LogP contribution is -2.18. The Balaban J connectivity index is 1.82. The van der Waals surface area contributed by atoms with Crippen LogP contribution in [0, 0.1) is 0 Å². The number of nitrogens with zero attached hydrogens (tertiary/aromatic N) is 2. The van der Waals surface area contributed by atoms with E-state index in [-0.39, 0.29) is 4.90 Å². The molecule has 1 aromatic heterocycles. The second kappa shape index (κ2) is 5.16. The van der Waals surface area contributed by atoms with Crippen LogP contribution in [0.15, 0.2) is 41.6 Å². The van der Waals surface area contributed by atoms with Crippen LogP contribution in [0.5, 0.6) is 0 Å². The zero-order valence-corrected chi connectivity index (χ0v) is 11.7. The van der Waals surface area contributed by atoms with Gasteiger partial charge in [-0.1, -0.05) is 6.07 Å². The SMILES string of the molecule is O=S(=O)(Nc1cccc(N2CCCC2)c1)c1cn[nH]c1. The molecule has 0 atom stereocenters. The summed E-state index contributed by atoms with van der Waals surface area (Å²) < 4.78 is 26.8. The molecule has 1 fully saturated rings. The Bertz CT molecular complexity index is 676. The van der Waals surface area contributed by atoms with Gasteiger partial charge in [-0.25, -0.2) is 8.42 Å². The van der Waals surface area contributed by atoms with Crippen molar-refractivity contribution in [2.75, 3.05) is 22.7 Å². The van der Waals surface area contributed by atoms with Crippen molar-refractivity contribution in [3.05, 3.63) is 36.7 Å². The maximum absolute atomic E-state index is 12.1. The molecule has 1 aromatic carbocycles. The summed E-state index contributed by atoms with van der Waals surface area (Å²) in [6.45, 7) is 2.05. The van der Waals surface area contributed by atoms with Gasteiger partial charge < -0.3 is 4.90 Å². The van der Waals surface area contributed by atoms with E-state index in [9.17, 15) is 8.42 Å². The lowest BCUT2D eigenvalue weighted by atomic mass is 10.2. The Morgan fingerprint density at radius 2 is 2.05 bits per heavy atom. The molecule has 0 spiro atoms. The molecule has 1 saturated heterocycles. The smallest absolute Gasteiger partial charge is 0.265 e. The second-order valence-electron chi connectivity index (χ2n) is 4.78. The third-order valence-corrected chi connectivity index (χ3v) is 4.70. The van der Waals surface area contributed by atoms with Gasteiger partial charge in [0.25, 0.3) is 10.0 Å². The summed E-state index contributed by atoms with van der Waals surface area (Å²) in [7, 11) is -3.57. The number of hydrogen-bond donors (Lipinski definition) is 2. The highest BCUT2D eigenvalue weighted by Gasteiger charge is 2.17. The van der Waals surface area contributed by atoms with Gasteiger partial charge in [-0.3, -0.25) is 9.82 Å². The Kier molecular flexibility index (Phi) is 3.35. The van der Waals surface area contributed by atoms with E-state index in [0.29, 0.717) is 5.69 Å². The molecule has 2 aromatic rings. The van der Waals surface area contributed by atoms with Crippen LogP contribution in [0.2, 0.25) is 0 Å². The molecule has 106 valence electrons. The predicted molar refractivity (Wildman–Crippen MR) is 77.3 cm³/mol. The lowest BCUT2D eigenvalue weighted by molar-refractivity contribution is 0.601. The van der Waals surface area contributed by atoms with Gasteiger partial charge in [-0.2, -0.15) is 5.10 Å². The van der Waals surface area contributed by atoms with Crippen LogP contribution in [0.25, 0.3) is 0 Å². The fraction of sp³-hybridized carbons (Fsp3) is 0.308. The lowest BCUT2D eigenvalue weighted by Gasteiger charge is -2.18. The van der Waals surface area contributed by atoms with E-state index >= 15 is 0 Å². The van der Waals surface area contributed by atoms with Gasteiger partial charge in [-0.05, 0) is 31.0 Å². The van der Waals surface area contributed by atoms with E-state index in [0.717, 1.165) is 18.8 Å². The first-order chi connectivity index (χ1) is 9.65. The largest absolute Gasteiger partial charge is 0.371 e. The molecule has 0 bridgehead atoms. The molecule has 0 amide bonds. The molecule has 20 heavy (non-hydrogen) atoms. The predicted octanol–water partition coefficient (Wildman–Crippen LogP) is 1.81. The first-order valence-corrected chi connectivity index (χ1v) is 8.00. The van der Waals surface area contributed by atoms with Gasteiger partial charge in [0.15, 0.2) is 0 Å². The molecule has 6 nitrogen and oxygen atoms in total. The van der Waals surface area contributed by atoms with Crippen LogP contribution >= 0.6 is 0 Å². The molecule has 0 aliphatic carbocycles. The van der Waals surface area contributed by atoms with Gasteiger partial charge >= 0.3 is 0 Å². The van der Waals surface area contributed by atoms with Crippen molar-refractivity contribution in [2.24, 2.45) is 0 Å². The maximum Gasteiger partial charge on any atom is 0.265 e. The summed E-state index contributed by atoms with van der Waals surface area (Å²) >= 11 is 0. The molecular formula is C13H16N4O2S. The van der Waals surface area contributed by atoms with Gasteiger partial charge in [0.2, 0.25) is 0 Å². The van der Waals surface area contributed by atoms with Gasteiger partial charge in [-0.15, -0.1) is 0 Å². The summed E-state index contributed by atoms with van der Waals surface area (Å²) in [4.78, 5) is 2.39. The zero-order valence-electron chi connectivity index (χ0n) is 10.9. The highest BCUT2D eigenvalue weighted by molar-refractivity contribution is 7.92. The maximum atomic E-state index is 12.1. The number of nitrogens with one attached hydrogen (secondary N) is 2. The van der Waals surface area contributed by atoms with Crippen molar-refractivity contribution in [1.29, 1.82) is 0 Å². The van der Waals surface area contributed by atoms with E-state index in [1.807, 2.05) is 18.2 Å². The van der Waals surface area contributed by atoms with E-state index < -0.39 is 10.0 Å². The number of benzene rings is 1. The normalized spacial score (nSPS) is 15.5. The second-order valence-corrected chi connectivity index (χ2v) is 6.47. The minimum Gasteiger partial charge on any atom is -0.371 e. The summed E-state index contributed by atoms with van der Waals surface area (Å²) in [5.41, 5.74) is 1.62. The molecule has 3 rings (SSSR count). The molecule has 0 radical (unpaired) electrons. The quantitative estimate of drug-likeness (QED) is 0.901. The number of H-pyrrole nitrogens is 1. The Morgan fingerprint density at radius 3 is 2.75 bits per heavy atom. The van der Waals surface area contributed by atoms with Crippen molar-refractivity contribution < 1.29 is 8.42 Å². The van der Waals surface area contributed by atoms with Crippen LogP contribution in [0.3, 0.4) is 0 Å². The van der Waals surface area contributed by atoms with Crippen molar-refractivity contribution in [2.45, 2.75) is 17.7 Å². The topological polar surface area (TPSA) is 78.1 Å². The highest BCUT2D eigenvalue weighted by atomic mass is 32.2. The monoisotopic (exact) mass is 292 g/mol. The number of sulfonamides is 1.